The molecule has 2 N–H and O–H groups in total. The number of ether oxygens (including phenoxy) is 2. The Morgan fingerprint density at radius 3 is 2.65 bits per heavy atom. The first-order chi connectivity index (χ1) is 14.9. The molecule has 31 heavy (non-hydrogen) atoms. The third kappa shape index (κ3) is 5.52. The number of primary amides is 1. The summed E-state index contributed by atoms with van der Waals surface area (Å²) in [7, 11) is 0. The molecule has 0 spiro atoms. The molecular weight excluding hydrogens is 469 g/mol. The summed E-state index contributed by atoms with van der Waals surface area (Å²) in [5.74, 6) is 0.0934. The third-order valence-electron chi connectivity index (χ3n) is 5.28. The molecule has 2 heterocycles. The number of alkyl halides is 1. The Balaban J connectivity index is 1.32. The topological polar surface area (TPSA) is 94.8 Å². The lowest BCUT2D eigenvalue weighted by atomic mass is 10.0. The molecule has 2 fully saturated rings. The van der Waals surface area contributed by atoms with Gasteiger partial charge in [0.2, 0.25) is 5.91 Å². The lowest BCUT2D eigenvalue weighted by Gasteiger charge is -2.35. The van der Waals surface area contributed by atoms with Crippen LogP contribution in [0.3, 0.4) is 0 Å². The zero-order chi connectivity index (χ0) is 22.0. The summed E-state index contributed by atoms with van der Waals surface area (Å²) in [5.41, 5.74) is 6.19. The van der Waals surface area contributed by atoms with Crippen LogP contribution in [-0.2, 0) is 11.2 Å². The van der Waals surface area contributed by atoms with Crippen molar-refractivity contribution in [3.05, 3.63) is 52.3 Å². The van der Waals surface area contributed by atoms with Crippen molar-refractivity contribution < 1.29 is 23.5 Å². The van der Waals surface area contributed by atoms with E-state index in [4.69, 9.17) is 15.2 Å². The number of pyridine rings is 1. The highest BCUT2D eigenvalue weighted by atomic mass is 79.9. The van der Waals surface area contributed by atoms with E-state index in [2.05, 4.69) is 20.9 Å². The van der Waals surface area contributed by atoms with Gasteiger partial charge in [0, 0.05) is 23.1 Å². The summed E-state index contributed by atoms with van der Waals surface area (Å²) in [6.07, 6.45) is 2.29. The van der Waals surface area contributed by atoms with Gasteiger partial charge in [-0.15, -0.1) is 0 Å². The monoisotopic (exact) mass is 491 g/mol. The molecule has 2 amide bonds. The average Bonchev–Trinajstić information content (AvgIpc) is 3.56. The number of piperidine rings is 1. The number of rotatable bonds is 7. The Morgan fingerprint density at radius 2 is 2.00 bits per heavy atom. The number of halogens is 2. The molecule has 1 aliphatic heterocycles. The van der Waals surface area contributed by atoms with Crippen LogP contribution in [0.25, 0.3) is 0 Å². The van der Waals surface area contributed by atoms with E-state index >= 15 is 0 Å². The van der Waals surface area contributed by atoms with E-state index in [1.807, 2.05) is 0 Å². The third-order valence-corrected chi connectivity index (χ3v) is 5.77. The number of amides is 2. The van der Waals surface area contributed by atoms with Gasteiger partial charge in [0.25, 0.3) is 5.91 Å². The first kappa shape index (κ1) is 21.5. The summed E-state index contributed by atoms with van der Waals surface area (Å²) in [4.78, 5) is 30.0. The van der Waals surface area contributed by atoms with Crippen molar-refractivity contribution in [3.63, 3.8) is 0 Å². The van der Waals surface area contributed by atoms with Crippen molar-refractivity contribution in [1.82, 2.24) is 9.88 Å². The van der Waals surface area contributed by atoms with Crippen LogP contribution in [0.4, 0.5) is 4.39 Å². The van der Waals surface area contributed by atoms with E-state index in [1.54, 1.807) is 30.5 Å². The smallest absolute Gasteiger partial charge is 0.252 e. The second-order valence-corrected chi connectivity index (χ2v) is 8.70. The molecule has 0 bridgehead atoms. The molecule has 2 aromatic rings. The number of aromatic nitrogens is 1. The fourth-order valence-electron chi connectivity index (χ4n) is 3.43. The molecule has 2 aliphatic rings. The summed E-state index contributed by atoms with van der Waals surface area (Å²) in [6.45, 7) is 0.282. The number of likely N-dealkylation sites (tertiary alicyclic amines) is 1. The molecule has 1 saturated heterocycles. The van der Waals surface area contributed by atoms with Crippen LogP contribution in [0.5, 0.6) is 11.5 Å². The number of carbonyl (C=O) groups is 2. The zero-order valence-electron chi connectivity index (χ0n) is 16.8. The van der Waals surface area contributed by atoms with Gasteiger partial charge in [-0.25, -0.2) is 4.39 Å². The molecule has 4 rings (SSSR count). The van der Waals surface area contributed by atoms with Crippen molar-refractivity contribution in [2.24, 2.45) is 5.73 Å². The van der Waals surface area contributed by atoms with Crippen LogP contribution in [0.15, 0.2) is 41.0 Å². The maximum atomic E-state index is 14.8. The molecular formula is C22H23BrFN3O4. The second-order valence-electron chi connectivity index (χ2n) is 7.78. The number of hydrogen-bond donors (Lipinski definition) is 1. The highest BCUT2D eigenvalue weighted by Gasteiger charge is 2.33. The van der Waals surface area contributed by atoms with Crippen LogP contribution in [-0.4, -0.2) is 53.2 Å². The summed E-state index contributed by atoms with van der Waals surface area (Å²) in [6, 6.07) is 8.38. The predicted molar refractivity (Wildman–Crippen MR) is 115 cm³/mol. The predicted octanol–water partition coefficient (Wildman–Crippen LogP) is 3.04. The minimum Gasteiger partial charge on any atom is -0.489 e. The maximum Gasteiger partial charge on any atom is 0.252 e. The van der Waals surface area contributed by atoms with Gasteiger partial charge in [-0.2, -0.15) is 0 Å². The van der Waals surface area contributed by atoms with Crippen molar-refractivity contribution in [2.45, 2.75) is 44.1 Å². The molecule has 164 valence electrons. The van der Waals surface area contributed by atoms with Crippen molar-refractivity contribution in [1.29, 1.82) is 0 Å². The van der Waals surface area contributed by atoms with Gasteiger partial charge >= 0.3 is 0 Å². The van der Waals surface area contributed by atoms with E-state index in [0.29, 0.717) is 28.9 Å². The summed E-state index contributed by atoms with van der Waals surface area (Å²) < 4.78 is 26.9. The molecule has 1 aliphatic carbocycles. The van der Waals surface area contributed by atoms with Gasteiger partial charge in [0.1, 0.15) is 17.6 Å². The van der Waals surface area contributed by atoms with Gasteiger partial charge in [0.15, 0.2) is 6.17 Å². The normalized spacial score (nSPS) is 20.9. The molecule has 2 unspecified atom stereocenters. The van der Waals surface area contributed by atoms with Gasteiger partial charge in [0.05, 0.1) is 30.8 Å². The lowest BCUT2D eigenvalue weighted by Crippen LogP contribution is -2.49. The fraction of sp³-hybridized carbons (Fsp3) is 0.409. The van der Waals surface area contributed by atoms with E-state index in [0.717, 1.165) is 12.8 Å². The maximum absolute atomic E-state index is 14.8. The van der Waals surface area contributed by atoms with Crippen molar-refractivity contribution >= 4 is 27.7 Å². The van der Waals surface area contributed by atoms with E-state index in [-0.39, 0.29) is 36.3 Å². The molecule has 1 aromatic heterocycles. The highest BCUT2D eigenvalue weighted by molar-refractivity contribution is 9.10. The van der Waals surface area contributed by atoms with E-state index in [9.17, 15) is 14.0 Å². The van der Waals surface area contributed by atoms with Crippen LogP contribution >= 0.6 is 15.9 Å². The minimum absolute atomic E-state index is 0.0746. The molecule has 7 nitrogen and oxygen atoms in total. The SMILES string of the molecule is NC(=O)c1cc(Br)ccc1OC1CCN(C(=O)Cc2ccc(OC3CC3)cn2)CC1F. The van der Waals surface area contributed by atoms with Crippen LogP contribution < -0.4 is 15.2 Å². The standard InChI is InChI=1S/C22H23BrFN3O4/c23-13-1-6-19(17(9-13)22(25)29)31-20-7-8-27(12-18(20)24)21(28)10-14-2-3-16(11-26-14)30-15-4-5-15/h1-3,6,9,11,15,18,20H,4-5,7-8,10,12H2,(H2,25,29). The summed E-state index contributed by atoms with van der Waals surface area (Å²) >= 11 is 3.28. The summed E-state index contributed by atoms with van der Waals surface area (Å²) in [5, 5.41) is 0. The molecule has 1 saturated carbocycles. The number of carbonyl (C=O) groups excluding carboxylic acids is 2. The highest BCUT2D eigenvalue weighted by Crippen LogP contribution is 2.28. The largest absolute Gasteiger partial charge is 0.489 e. The van der Waals surface area contributed by atoms with Crippen LogP contribution in [0, 0.1) is 0 Å². The van der Waals surface area contributed by atoms with E-state index < -0.39 is 18.2 Å². The average molecular weight is 492 g/mol. The van der Waals surface area contributed by atoms with Gasteiger partial charge in [-0.05, 0) is 43.2 Å². The van der Waals surface area contributed by atoms with Crippen LogP contribution in [0.1, 0.15) is 35.3 Å². The van der Waals surface area contributed by atoms with Crippen LogP contribution in [0.2, 0.25) is 0 Å². The van der Waals surface area contributed by atoms with Gasteiger partial charge in [-0.1, -0.05) is 15.9 Å². The first-order valence-corrected chi connectivity index (χ1v) is 11.0. The molecule has 2 atom stereocenters. The minimum atomic E-state index is -1.38. The van der Waals surface area contributed by atoms with Crippen molar-refractivity contribution in [3.8, 4) is 11.5 Å². The molecule has 1 aromatic carbocycles. The Hall–Kier alpha value is -2.68. The molecule has 0 radical (unpaired) electrons. The number of benzene rings is 1. The Labute approximate surface area is 187 Å². The Morgan fingerprint density at radius 1 is 1.19 bits per heavy atom. The Bertz CT molecular complexity index is 968. The first-order valence-electron chi connectivity index (χ1n) is 10.2. The quantitative estimate of drug-likeness (QED) is 0.642. The van der Waals surface area contributed by atoms with E-state index in [1.165, 1.54) is 11.0 Å². The Kier molecular flexibility index (Phi) is 6.41. The lowest BCUT2D eigenvalue weighted by molar-refractivity contribution is -0.134. The number of nitrogens with two attached hydrogens (primary N) is 1. The number of nitrogens with zero attached hydrogens (tertiary/aromatic N) is 2. The van der Waals surface area contributed by atoms with Gasteiger partial charge < -0.3 is 20.1 Å². The number of hydrogen-bond acceptors (Lipinski definition) is 5. The second kappa shape index (κ2) is 9.21. The molecule has 9 heteroatoms. The van der Waals surface area contributed by atoms with Gasteiger partial charge in [-0.3, -0.25) is 14.6 Å². The zero-order valence-corrected chi connectivity index (χ0v) is 18.4. The fourth-order valence-corrected chi connectivity index (χ4v) is 3.79. The van der Waals surface area contributed by atoms with Crippen molar-refractivity contribution in [2.75, 3.05) is 13.1 Å².